The summed E-state index contributed by atoms with van der Waals surface area (Å²) in [4.78, 5) is 0. The van der Waals surface area contributed by atoms with Gasteiger partial charge in [-0.15, -0.1) is 0 Å². The van der Waals surface area contributed by atoms with Crippen molar-refractivity contribution < 1.29 is 9.13 Å². The number of nitrogens with zero attached hydrogens (tertiary/aromatic N) is 2. The quantitative estimate of drug-likeness (QED) is 0.885. The summed E-state index contributed by atoms with van der Waals surface area (Å²) in [5.41, 5.74) is 7.00. The molecule has 114 valence electrons. The summed E-state index contributed by atoms with van der Waals surface area (Å²) < 4.78 is 21.3. The van der Waals surface area contributed by atoms with Crippen molar-refractivity contribution in [1.29, 1.82) is 0 Å². The summed E-state index contributed by atoms with van der Waals surface area (Å²) in [7, 11) is 0. The lowest BCUT2D eigenvalue weighted by molar-refractivity contribution is 0.296. The lowest BCUT2D eigenvalue weighted by Gasteiger charge is -2.10. The van der Waals surface area contributed by atoms with E-state index in [2.05, 4.69) is 18.9 Å². The van der Waals surface area contributed by atoms with Crippen LogP contribution < -0.4 is 10.5 Å². The molecule has 0 saturated carbocycles. The first-order valence-corrected chi connectivity index (χ1v) is 7.23. The predicted molar refractivity (Wildman–Crippen MR) is 80.6 cm³/mol. The molecule has 2 N–H and O–H groups in total. The average molecular weight is 291 g/mol. The molecule has 0 saturated heterocycles. The van der Waals surface area contributed by atoms with Gasteiger partial charge in [-0.05, 0) is 32.4 Å². The molecule has 0 radical (unpaired) electrons. The van der Waals surface area contributed by atoms with Crippen LogP contribution in [-0.4, -0.2) is 9.78 Å². The second kappa shape index (κ2) is 6.72. The molecule has 0 aliphatic heterocycles. The van der Waals surface area contributed by atoms with Gasteiger partial charge in [-0.3, -0.25) is 4.68 Å². The zero-order chi connectivity index (χ0) is 15.4. The van der Waals surface area contributed by atoms with Crippen molar-refractivity contribution >= 4 is 0 Å². The maximum Gasteiger partial charge on any atom is 0.132 e. The Bertz CT molecular complexity index is 595. The molecule has 21 heavy (non-hydrogen) atoms. The van der Waals surface area contributed by atoms with Gasteiger partial charge in [0.15, 0.2) is 0 Å². The Morgan fingerprint density at radius 1 is 1.33 bits per heavy atom. The topological polar surface area (TPSA) is 53.1 Å². The predicted octanol–water partition coefficient (Wildman–Crippen LogP) is 3.59. The minimum absolute atomic E-state index is 0.320. The molecule has 1 aromatic heterocycles. The van der Waals surface area contributed by atoms with Crippen LogP contribution in [0, 0.1) is 5.82 Å². The highest BCUT2D eigenvalue weighted by Gasteiger charge is 2.09. The van der Waals surface area contributed by atoms with E-state index in [0.717, 1.165) is 12.1 Å². The summed E-state index contributed by atoms with van der Waals surface area (Å²) in [5.74, 6) is 0.141. The van der Waals surface area contributed by atoms with Crippen molar-refractivity contribution in [1.82, 2.24) is 9.78 Å². The van der Waals surface area contributed by atoms with Crippen molar-refractivity contribution in [2.24, 2.45) is 5.73 Å². The van der Waals surface area contributed by atoms with E-state index in [4.69, 9.17) is 10.5 Å². The molecular formula is C16H22FN3O. The molecular weight excluding hydrogens is 269 g/mol. The van der Waals surface area contributed by atoms with E-state index in [1.54, 1.807) is 19.1 Å². The molecule has 2 aromatic rings. The van der Waals surface area contributed by atoms with Gasteiger partial charge in [0.2, 0.25) is 0 Å². The number of rotatable bonds is 6. The minimum Gasteiger partial charge on any atom is -0.487 e. The maximum atomic E-state index is 13.8. The fraction of sp³-hybridized carbons (Fsp3) is 0.438. The van der Waals surface area contributed by atoms with Crippen LogP contribution in [0.15, 0.2) is 30.5 Å². The van der Waals surface area contributed by atoms with Crippen LogP contribution in [0.1, 0.15) is 50.5 Å². The van der Waals surface area contributed by atoms with E-state index in [9.17, 15) is 4.39 Å². The van der Waals surface area contributed by atoms with E-state index in [1.807, 2.05) is 16.9 Å². The number of hydrogen-bond acceptors (Lipinski definition) is 3. The summed E-state index contributed by atoms with van der Waals surface area (Å²) in [6.45, 7) is 6.30. The number of nitrogens with two attached hydrogens (primary N) is 1. The average Bonchev–Trinajstić information content (AvgIpc) is 2.92. The van der Waals surface area contributed by atoms with E-state index in [-0.39, 0.29) is 11.9 Å². The molecule has 0 fully saturated rings. The zero-order valence-electron chi connectivity index (χ0n) is 12.7. The van der Waals surface area contributed by atoms with E-state index >= 15 is 0 Å². The Morgan fingerprint density at radius 2 is 2.10 bits per heavy atom. The van der Waals surface area contributed by atoms with Crippen molar-refractivity contribution in [3.63, 3.8) is 0 Å². The van der Waals surface area contributed by atoms with Crippen molar-refractivity contribution in [3.05, 3.63) is 47.5 Å². The third-order valence-corrected chi connectivity index (χ3v) is 3.56. The maximum absolute atomic E-state index is 13.8. The fourth-order valence-electron chi connectivity index (χ4n) is 2.01. The molecule has 1 heterocycles. The van der Waals surface area contributed by atoms with Crippen LogP contribution >= 0.6 is 0 Å². The van der Waals surface area contributed by atoms with E-state index < -0.39 is 0 Å². The minimum atomic E-state index is -0.340. The first-order valence-electron chi connectivity index (χ1n) is 7.23. The highest BCUT2D eigenvalue weighted by Crippen LogP contribution is 2.21. The molecule has 4 nitrogen and oxygen atoms in total. The summed E-state index contributed by atoms with van der Waals surface area (Å²) in [5, 5.41) is 4.44. The zero-order valence-corrected chi connectivity index (χ0v) is 12.7. The third kappa shape index (κ3) is 3.82. The third-order valence-electron chi connectivity index (χ3n) is 3.56. The molecule has 0 spiro atoms. The molecule has 5 heteroatoms. The Hall–Kier alpha value is -1.88. The summed E-state index contributed by atoms with van der Waals surface area (Å²) in [6.07, 6.45) is 2.96. The van der Waals surface area contributed by atoms with Gasteiger partial charge in [0.1, 0.15) is 18.2 Å². The number of benzene rings is 1. The van der Waals surface area contributed by atoms with Crippen LogP contribution in [0.5, 0.6) is 5.75 Å². The van der Waals surface area contributed by atoms with Crippen LogP contribution in [0.4, 0.5) is 4.39 Å². The van der Waals surface area contributed by atoms with Gasteiger partial charge in [-0.25, -0.2) is 4.39 Å². The highest BCUT2D eigenvalue weighted by molar-refractivity contribution is 5.30. The molecule has 1 unspecified atom stereocenters. The second-order valence-corrected chi connectivity index (χ2v) is 5.31. The smallest absolute Gasteiger partial charge is 0.132 e. The van der Waals surface area contributed by atoms with Crippen LogP contribution in [0.25, 0.3) is 0 Å². The van der Waals surface area contributed by atoms with Crippen molar-refractivity contribution in [2.45, 2.75) is 45.9 Å². The van der Waals surface area contributed by atoms with Crippen LogP contribution in [0.3, 0.4) is 0 Å². The van der Waals surface area contributed by atoms with Gasteiger partial charge in [0.25, 0.3) is 0 Å². The molecule has 2 rings (SSSR count). The fourth-order valence-corrected chi connectivity index (χ4v) is 2.01. The second-order valence-electron chi connectivity index (χ2n) is 5.31. The van der Waals surface area contributed by atoms with Gasteiger partial charge in [0.05, 0.1) is 5.69 Å². The lowest BCUT2D eigenvalue weighted by Crippen LogP contribution is -2.08. The first-order chi connectivity index (χ1) is 10.0. The van der Waals surface area contributed by atoms with Crippen LogP contribution in [-0.2, 0) is 6.61 Å². The van der Waals surface area contributed by atoms with E-state index in [0.29, 0.717) is 24.0 Å². The molecule has 0 aliphatic carbocycles. The van der Waals surface area contributed by atoms with Crippen LogP contribution in [0.2, 0.25) is 0 Å². The largest absolute Gasteiger partial charge is 0.487 e. The summed E-state index contributed by atoms with van der Waals surface area (Å²) >= 11 is 0. The Labute approximate surface area is 124 Å². The summed E-state index contributed by atoms with van der Waals surface area (Å²) in [6, 6.07) is 6.70. The number of halogens is 1. The Balaban J connectivity index is 2.00. The number of aromatic nitrogens is 2. The lowest BCUT2D eigenvalue weighted by atomic mass is 10.1. The van der Waals surface area contributed by atoms with Gasteiger partial charge in [-0.2, -0.15) is 5.10 Å². The standard InChI is InChI=1S/C16H22FN3O/c1-4-11(2)20-8-7-13(19-20)10-21-14-5-6-15(12(3)18)16(17)9-14/h5-9,11-12H,4,10,18H2,1-3H3/t11?,12-/m1/s1. The van der Waals surface area contributed by atoms with Gasteiger partial charge >= 0.3 is 0 Å². The molecule has 2 atom stereocenters. The van der Waals surface area contributed by atoms with Gasteiger partial charge in [0, 0.05) is 29.9 Å². The number of hydrogen-bond donors (Lipinski definition) is 1. The molecule has 1 aromatic carbocycles. The number of ether oxygens (including phenoxy) is 1. The highest BCUT2D eigenvalue weighted by atomic mass is 19.1. The molecule has 0 aliphatic rings. The van der Waals surface area contributed by atoms with Gasteiger partial charge in [-0.1, -0.05) is 13.0 Å². The van der Waals surface area contributed by atoms with Crippen molar-refractivity contribution in [3.8, 4) is 5.75 Å². The monoisotopic (exact) mass is 291 g/mol. The molecule has 0 bridgehead atoms. The van der Waals surface area contributed by atoms with Gasteiger partial charge < -0.3 is 10.5 Å². The SMILES string of the molecule is CCC(C)n1ccc(COc2ccc([C@@H](C)N)c(F)c2)n1. The van der Waals surface area contributed by atoms with Crippen molar-refractivity contribution in [2.75, 3.05) is 0 Å². The molecule has 0 amide bonds. The Morgan fingerprint density at radius 3 is 2.71 bits per heavy atom. The normalized spacial score (nSPS) is 14.0. The Kier molecular flexibility index (Phi) is 4.96. The first kappa shape index (κ1) is 15.5. The van der Waals surface area contributed by atoms with E-state index in [1.165, 1.54) is 6.07 Å².